The Morgan fingerprint density at radius 1 is 1.08 bits per heavy atom. The Hall–Kier alpha value is -3.32. The van der Waals surface area contributed by atoms with Crippen LogP contribution < -0.4 is 21.3 Å². The van der Waals surface area contributed by atoms with Gasteiger partial charge in [-0.1, -0.05) is 11.6 Å². The van der Waals surface area contributed by atoms with Gasteiger partial charge in [0.2, 0.25) is 0 Å². The Labute approximate surface area is 152 Å². The lowest BCUT2D eigenvalue weighted by atomic mass is 10.2. The minimum Gasteiger partial charge on any atom is -0.497 e. The molecule has 0 spiro atoms. The molecule has 1 aromatic heterocycles. The van der Waals surface area contributed by atoms with Gasteiger partial charge < -0.3 is 15.0 Å². The number of nitrogens with one attached hydrogen (secondary N) is 2. The van der Waals surface area contributed by atoms with E-state index in [0.29, 0.717) is 22.1 Å². The highest BCUT2D eigenvalue weighted by molar-refractivity contribution is 6.30. The fourth-order valence-corrected chi connectivity index (χ4v) is 2.46. The Bertz CT molecular complexity index is 1050. The Morgan fingerprint density at radius 3 is 2.35 bits per heavy atom. The molecule has 0 aliphatic carbocycles. The van der Waals surface area contributed by atoms with Crippen molar-refractivity contribution < 1.29 is 9.53 Å². The maximum absolute atomic E-state index is 12.6. The van der Waals surface area contributed by atoms with Gasteiger partial charge in [0.1, 0.15) is 11.3 Å². The Balaban J connectivity index is 1.96. The number of hydrogen-bond donors (Lipinski definition) is 2. The fourth-order valence-electron chi connectivity index (χ4n) is 2.33. The Morgan fingerprint density at radius 2 is 1.73 bits per heavy atom. The van der Waals surface area contributed by atoms with Gasteiger partial charge in [0.15, 0.2) is 0 Å². The van der Waals surface area contributed by atoms with Crippen LogP contribution in [0.3, 0.4) is 0 Å². The monoisotopic (exact) mass is 371 g/mol. The van der Waals surface area contributed by atoms with E-state index in [1.807, 2.05) is 0 Å². The first-order valence-electron chi connectivity index (χ1n) is 7.55. The van der Waals surface area contributed by atoms with E-state index in [1.54, 1.807) is 36.4 Å². The Kier molecular flexibility index (Phi) is 4.90. The van der Waals surface area contributed by atoms with Crippen molar-refractivity contribution in [1.82, 2.24) is 9.55 Å². The third-order valence-electron chi connectivity index (χ3n) is 3.65. The smallest absolute Gasteiger partial charge is 0.333 e. The van der Waals surface area contributed by atoms with Crippen molar-refractivity contribution in [3.8, 4) is 11.4 Å². The molecular formula is C18H14ClN3O4. The number of aromatic amines is 1. The summed E-state index contributed by atoms with van der Waals surface area (Å²) in [6.07, 6.45) is 1.09. The average molecular weight is 372 g/mol. The second kappa shape index (κ2) is 7.28. The largest absolute Gasteiger partial charge is 0.497 e. The molecule has 0 fully saturated rings. The summed E-state index contributed by atoms with van der Waals surface area (Å²) in [5.41, 5.74) is -0.796. The van der Waals surface area contributed by atoms with E-state index in [-0.39, 0.29) is 5.56 Å². The number of H-pyrrole nitrogens is 1. The van der Waals surface area contributed by atoms with Crippen molar-refractivity contribution >= 4 is 23.2 Å². The van der Waals surface area contributed by atoms with Gasteiger partial charge in [0.25, 0.3) is 11.5 Å². The summed E-state index contributed by atoms with van der Waals surface area (Å²) in [5.74, 6) is -0.00346. The number of benzene rings is 2. The highest BCUT2D eigenvalue weighted by Crippen LogP contribution is 2.15. The van der Waals surface area contributed by atoms with Crippen LogP contribution in [0.1, 0.15) is 10.4 Å². The van der Waals surface area contributed by atoms with Crippen molar-refractivity contribution in [2.75, 3.05) is 12.4 Å². The predicted molar refractivity (Wildman–Crippen MR) is 98.6 cm³/mol. The van der Waals surface area contributed by atoms with Crippen LogP contribution in [-0.4, -0.2) is 22.6 Å². The lowest BCUT2D eigenvalue weighted by molar-refractivity contribution is 0.102. The molecule has 8 heteroatoms. The minimum atomic E-state index is -0.734. The zero-order valence-corrected chi connectivity index (χ0v) is 14.4. The molecule has 2 N–H and O–H groups in total. The zero-order valence-electron chi connectivity index (χ0n) is 13.7. The first-order valence-corrected chi connectivity index (χ1v) is 7.93. The van der Waals surface area contributed by atoms with Gasteiger partial charge in [0.05, 0.1) is 12.8 Å². The van der Waals surface area contributed by atoms with Crippen LogP contribution in [0, 0.1) is 0 Å². The maximum atomic E-state index is 12.6. The van der Waals surface area contributed by atoms with Crippen LogP contribution in [-0.2, 0) is 0 Å². The highest BCUT2D eigenvalue weighted by atomic mass is 35.5. The van der Waals surface area contributed by atoms with Gasteiger partial charge in [0, 0.05) is 16.9 Å². The van der Waals surface area contributed by atoms with E-state index in [0.717, 1.165) is 10.8 Å². The number of aromatic nitrogens is 2. The van der Waals surface area contributed by atoms with Crippen molar-refractivity contribution in [2.24, 2.45) is 0 Å². The average Bonchev–Trinajstić information content (AvgIpc) is 2.64. The van der Waals surface area contributed by atoms with E-state index in [4.69, 9.17) is 16.3 Å². The molecule has 0 bridgehead atoms. The predicted octanol–water partition coefficient (Wildman–Crippen LogP) is 2.44. The molecule has 0 saturated carbocycles. The van der Waals surface area contributed by atoms with E-state index >= 15 is 0 Å². The van der Waals surface area contributed by atoms with Gasteiger partial charge >= 0.3 is 5.69 Å². The van der Waals surface area contributed by atoms with Gasteiger partial charge in [-0.3, -0.25) is 9.59 Å². The van der Waals surface area contributed by atoms with E-state index < -0.39 is 17.2 Å². The van der Waals surface area contributed by atoms with Crippen LogP contribution in [0.15, 0.2) is 64.3 Å². The molecule has 0 saturated heterocycles. The topological polar surface area (TPSA) is 93.2 Å². The number of nitrogens with zero attached hydrogens (tertiary/aromatic N) is 1. The van der Waals surface area contributed by atoms with E-state index in [2.05, 4.69) is 10.3 Å². The molecule has 0 aliphatic heterocycles. The lowest BCUT2D eigenvalue weighted by Gasteiger charge is -2.08. The summed E-state index contributed by atoms with van der Waals surface area (Å²) >= 11 is 5.83. The third-order valence-corrected chi connectivity index (χ3v) is 3.91. The molecule has 0 atom stereocenters. The highest BCUT2D eigenvalue weighted by Gasteiger charge is 2.16. The van der Waals surface area contributed by atoms with Crippen LogP contribution >= 0.6 is 11.6 Å². The number of anilines is 1. The molecule has 132 valence electrons. The number of ether oxygens (including phenoxy) is 1. The van der Waals surface area contributed by atoms with Crippen molar-refractivity contribution in [1.29, 1.82) is 0 Å². The van der Waals surface area contributed by atoms with Crippen LogP contribution in [0.5, 0.6) is 5.75 Å². The molecule has 0 unspecified atom stereocenters. The van der Waals surface area contributed by atoms with Crippen molar-refractivity contribution in [3.05, 3.63) is 86.2 Å². The van der Waals surface area contributed by atoms with Gasteiger partial charge in [-0.25, -0.2) is 9.36 Å². The van der Waals surface area contributed by atoms with Crippen LogP contribution in [0.25, 0.3) is 5.69 Å². The van der Waals surface area contributed by atoms with Crippen molar-refractivity contribution in [2.45, 2.75) is 0 Å². The first-order chi connectivity index (χ1) is 12.5. The molecule has 1 heterocycles. The van der Waals surface area contributed by atoms with E-state index in [9.17, 15) is 14.4 Å². The summed E-state index contributed by atoms with van der Waals surface area (Å²) in [5, 5.41) is 3.07. The van der Waals surface area contributed by atoms with Gasteiger partial charge in [-0.15, -0.1) is 0 Å². The first kappa shape index (κ1) is 17.5. The second-order valence-corrected chi connectivity index (χ2v) is 5.74. The number of amides is 1. The number of methoxy groups -OCH3 is 1. The molecule has 7 nitrogen and oxygen atoms in total. The van der Waals surface area contributed by atoms with Crippen LogP contribution in [0.4, 0.5) is 5.69 Å². The zero-order chi connectivity index (χ0) is 18.7. The minimum absolute atomic E-state index is 0.199. The molecular weight excluding hydrogens is 358 g/mol. The summed E-state index contributed by atoms with van der Waals surface area (Å²) in [6, 6.07) is 12.8. The maximum Gasteiger partial charge on any atom is 0.333 e. The quantitative estimate of drug-likeness (QED) is 0.736. The molecule has 0 aliphatic rings. The number of halogens is 1. The molecule has 3 rings (SSSR count). The number of rotatable bonds is 4. The summed E-state index contributed by atoms with van der Waals surface area (Å²) in [6.45, 7) is 0. The standard InChI is InChI=1S/C18H14ClN3O4/c1-26-14-8-4-12(5-9-14)21-16(23)15-10-20-18(25)22(17(15)24)13-6-2-11(19)3-7-13/h2-10H,1H3,(H,20,25)(H,21,23). The lowest BCUT2D eigenvalue weighted by Crippen LogP contribution is -2.38. The number of carbonyl (C=O) groups excluding carboxylic acids is 1. The fraction of sp³-hybridized carbons (Fsp3) is 0.0556. The number of hydrogen-bond acceptors (Lipinski definition) is 4. The molecule has 2 aromatic carbocycles. The summed E-state index contributed by atoms with van der Waals surface area (Å²) < 4.78 is 5.92. The van der Waals surface area contributed by atoms with E-state index in [1.165, 1.54) is 19.2 Å². The number of carbonyl (C=O) groups is 1. The summed E-state index contributed by atoms with van der Waals surface area (Å²) in [4.78, 5) is 39.5. The molecule has 3 aromatic rings. The second-order valence-electron chi connectivity index (χ2n) is 5.31. The molecule has 26 heavy (non-hydrogen) atoms. The summed E-state index contributed by atoms with van der Waals surface area (Å²) in [7, 11) is 1.53. The third kappa shape index (κ3) is 3.52. The molecule has 1 amide bonds. The van der Waals surface area contributed by atoms with Crippen LogP contribution in [0.2, 0.25) is 5.02 Å². The normalized spacial score (nSPS) is 10.4. The van der Waals surface area contributed by atoms with Crippen molar-refractivity contribution in [3.63, 3.8) is 0 Å². The molecule has 0 radical (unpaired) electrons. The van der Waals surface area contributed by atoms with Gasteiger partial charge in [-0.2, -0.15) is 0 Å². The van der Waals surface area contributed by atoms with Gasteiger partial charge in [-0.05, 0) is 48.5 Å². The SMILES string of the molecule is COc1ccc(NC(=O)c2c[nH]c(=O)n(-c3ccc(Cl)cc3)c2=O)cc1.